The fraction of sp³-hybridized carbons (Fsp3) is 0.182. The number of rotatable bonds is 4. The smallest absolute Gasteiger partial charge is 0.244 e. The summed E-state index contributed by atoms with van der Waals surface area (Å²) >= 11 is 0. The van der Waals surface area contributed by atoms with E-state index in [4.69, 9.17) is 15.2 Å². The second-order valence-corrected chi connectivity index (χ2v) is 6.78. The topological polar surface area (TPSA) is 96.9 Å². The first-order valence-electron chi connectivity index (χ1n) is 8.98. The maximum absolute atomic E-state index is 9.61. The van der Waals surface area contributed by atoms with Crippen molar-refractivity contribution in [1.29, 1.82) is 5.26 Å². The highest BCUT2D eigenvalue weighted by Crippen LogP contribution is 2.42. The van der Waals surface area contributed by atoms with Crippen LogP contribution in [-0.4, -0.2) is 10.2 Å². The number of nitrogens with zero attached hydrogens (tertiary/aromatic N) is 2. The number of nitrogens with one attached hydrogen (secondary N) is 1. The van der Waals surface area contributed by atoms with Gasteiger partial charge in [-0.05, 0) is 42.7 Å². The predicted octanol–water partition coefficient (Wildman–Crippen LogP) is 3.82. The highest BCUT2D eigenvalue weighted by atomic mass is 16.5. The summed E-state index contributed by atoms with van der Waals surface area (Å²) in [5.74, 6) is 0.946. The number of nitriles is 1. The zero-order chi connectivity index (χ0) is 19.7. The molecule has 140 valence electrons. The predicted molar refractivity (Wildman–Crippen MR) is 105 cm³/mol. The summed E-state index contributed by atoms with van der Waals surface area (Å²) in [5, 5.41) is 16.7. The van der Waals surface area contributed by atoms with Crippen molar-refractivity contribution in [2.45, 2.75) is 26.4 Å². The van der Waals surface area contributed by atoms with E-state index in [2.05, 4.69) is 35.3 Å². The molecule has 1 aliphatic rings. The summed E-state index contributed by atoms with van der Waals surface area (Å²) in [6, 6.07) is 18.0. The standard InChI is InChI=1S/C22H20N4O2/c1-13-5-3-4-6-16(13)12-27-17-9-7-15(8-10-17)20-18(11-23)21(24)28-22-19(20)14(2)25-26-22/h3-10,20H,12,24H2,1-2H3,(H,25,26)/t20-/m0/s1. The van der Waals surface area contributed by atoms with Crippen molar-refractivity contribution in [3.63, 3.8) is 0 Å². The molecule has 0 radical (unpaired) electrons. The molecule has 3 aromatic rings. The number of hydrogen-bond acceptors (Lipinski definition) is 5. The Morgan fingerprint density at radius 3 is 2.64 bits per heavy atom. The lowest BCUT2D eigenvalue weighted by Gasteiger charge is -2.23. The maximum Gasteiger partial charge on any atom is 0.244 e. The minimum absolute atomic E-state index is 0.0892. The van der Waals surface area contributed by atoms with Crippen LogP contribution in [0, 0.1) is 25.2 Å². The maximum atomic E-state index is 9.61. The molecule has 0 aliphatic carbocycles. The fourth-order valence-corrected chi connectivity index (χ4v) is 3.42. The van der Waals surface area contributed by atoms with E-state index in [1.54, 1.807) is 0 Å². The number of hydrogen-bond donors (Lipinski definition) is 2. The van der Waals surface area contributed by atoms with E-state index in [1.165, 1.54) is 5.56 Å². The number of fused-ring (bicyclic) bond motifs is 1. The van der Waals surface area contributed by atoms with Crippen molar-refractivity contribution in [2.75, 3.05) is 0 Å². The summed E-state index contributed by atoms with van der Waals surface area (Å²) < 4.78 is 11.4. The molecule has 6 heteroatoms. The quantitative estimate of drug-likeness (QED) is 0.725. The Morgan fingerprint density at radius 2 is 1.93 bits per heavy atom. The molecule has 6 nitrogen and oxygen atoms in total. The summed E-state index contributed by atoms with van der Waals surface area (Å²) in [4.78, 5) is 0. The number of aromatic nitrogens is 2. The minimum Gasteiger partial charge on any atom is -0.489 e. The minimum atomic E-state index is -0.321. The molecule has 1 aromatic heterocycles. The van der Waals surface area contributed by atoms with E-state index in [-0.39, 0.29) is 11.8 Å². The van der Waals surface area contributed by atoms with Gasteiger partial charge in [-0.1, -0.05) is 36.4 Å². The normalized spacial score (nSPS) is 15.5. The van der Waals surface area contributed by atoms with Gasteiger partial charge in [-0.25, -0.2) is 0 Å². The van der Waals surface area contributed by atoms with Crippen LogP contribution in [0.25, 0.3) is 0 Å². The molecule has 0 bridgehead atoms. The van der Waals surface area contributed by atoms with Crippen molar-refractivity contribution < 1.29 is 9.47 Å². The summed E-state index contributed by atoms with van der Waals surface area (Å²) in [5.41, 5.74) is 11.3. The van der Waals surface area contributed by atoms with Crippen LogP contribution in [0.2, 0.25) is 0 Å². The Bertz CT molecular complexity index is 1090. The van der Waals surface area contributed by atoms with Gasteiger partial charge >= 0.3 is 0 Å². The highest BCUT2D eigenvalue weighted by molar-refractivity contribution is 5.55. The van der Waals surface area contributed by atoms with Gasteiger partial charge in [0.25, 0.3) is 0 Å². The number of benzene rings is 2. The first kappa shape index (κ1) is 17.7. The Balaban J connectivity index is 1.61. The molecule has 0 spiro atoms. The van der Waals surface area contributed by atoms with Crippen molar-refractivity contribution in [3.8, 4) is 17.7 Å². The molecule has 3 N–H and O–H groups in total. The largest absolute Gasteiger partial charge is 0.489 e. The first-order chi connectivity index (χ1) is 13.6. The number of aromatic amines is 1. The zero-order valence-electron chi connectivity index (χ0n) is 15.7. The molecule has 0 amide bonds. The number of aryl methyl sites for hydroxylation is 2. The lowest BCUT2D eigenvalue weighted by Crippen LogP contribution is -2.21. The van der Waals surface area contributed by atoms with E-state index >= 15 is 0 Å². The lowest BCUT2D eigenvalue weighted by atomic mass is 9.84. The first-order valence-corrected chi connectivity index (χ1v) is 8.98. The van der Waals surface area contributed by atoms with Gasteiger partial charge in [0.05, 0.1) is 5.92 Å². The van der Waals surface area contributed by atoms with Crippen LogP contribution in [-0.2, 0) is 6.61 Å². The fourth-order valence-electron chi connectivity index (χ4n) is 3.42. The molecule has 0 fully saturated rings. The zero-order valence-corrected chi connectivity index (χ0v) is 15.7. The SMILES string of the molecule is Cc1ccccc1COc1ccc([C@H]2C(C#N)=C(N)Oc3n[nH]c(C)c32)cc1. The van der Waals surface area contributed by atoms with Crippen molar-refractivity contribution in [3.05, 3.63) is 87.9 Å². The third-order valence-electron chi connectivity index (χ3n) is 5.00. The van der Waals surface area contributed by atoms with Gasteiger partial charge in [0.1, 0.15) is 24.0 Å². The van der Waals surface area contributed by atoms with Gasteiger partial charge in [-0.2, -0.15) is 5.26 Å². The monoisotopic (exact) mass is 372 g/mol. The van der Waals surface area contributed by atoms with Crippen molar-refractivity contribution in [2.24, 2.45) is 5.73 Å². The number of allylic oxidation sites excluding steroid dienone is 1. The van der Waals surface area contributed by atoms with Crippen LogP contribution in [0.1, 0.15) is 33.9 Å². The summed E-state index contributed by atoms with van der Waals surface area (Å²) in [6.45, 7) is 4.47. The lowest BCUT2D eigenvalue weighted by molar-refractivity contribution is 0.305. The third-order valence-corrected chi connectivity index (χ3v) is 5.00. The van der Waals surface area contributed by atoms with Gasteiger partial charge in [0.15, 0.2) is 0 Å². The van der Waals surface area contributed by atoms with Gasteiger partial charge in [0.2, 0.25) is 11.8 Å². The summed E-state index contributed by atoms with van der Waals surface area (Å²) in [7, 11) is 0. The molecule has 1 aliphatic heterocycles. The Kier molecular flexibility index (Phi) is 4.50. The van der Waals surface area contributed by atoms with Crippen LogP contribution in [0.3, 0.4) is 0 Å². The van der Waals surface area contributed by atoms with Crippen LogP contribution >= 0.6 is 0 Å². The average molecular weight is 372 g/mol. The molecule has 4 rings (SSSR count). The highest BCUT2D eigenvalue weighted by Gasteiger charge is 2.34. The van der Waals surface area contributed by atoms with Crippen LogP contribution in [0.5, 0.6) is 11.6 Å². The molecule has 1 atom stereocenters. The molecular formula is C22H20N4O2. The van der Waals surface area contributed by atoms with Crippen LogP contribution in [0.4, 0.5) is 0 Å². The van der Waals surface area contributed by atoms with E-state index in [9.17, 15) is 5.26 Å². The Hall–Kier alpha value is -3.72. The Labute approximate surface area is 163 Å². The van der Waals surface area contributed by atoms with E-state index in [0.29, 0.717) is 18.1 Å². The van der Waals surface area contributed by atoms with Gasteiger partial charge < -0.3 is 15.2 Å². The molecule has 0 unspecified atom stereocenters. The molecule has 2 aromatic carbocycles. The second kappa shape index (κ2) is 7.12. The van der Waals surface area contributed by atoms with E-state index in [0.717, 1.165) is 28.1 Å². The third kappa shape index (κ3) is 3.08. The second-order valence-electron chi connectivity index (χ2n) is 6.78. The van der Waals surface area contributed by atoms with Gasteiger partial charge in [-0.3, -0.25) is 5.10 Å². The van der Waals surface area contributed by atoms with Crippen molar-refractivity contribution in [1.82, 2.24) is 10.2 Å². The van der Waals surface area contributed by atoms with Crippen LogP contribution < -0.4 is 15.2 Å². The molecule has 0 saturated heterocycles. The van der Waals surface area contributed by atoms with E-state index < -0.39 is 0 Å². The molecule has 0 saturated carbocycles. The number of nitrogens with two attached hydrogens (primary N) is 1. The number of ether oxygens (including phenoxy) is 2. The van der Waals surface area contributed by atoms with Crippen LogP contribution in [0.15, 0.2) is 60.0 Å². The van der Waals surface area contributed by atoms with E-state index in [1.807, 2.05) is 43.3 Å². The van der Waals surface area contributed by atoms with Gasteiger partial charge in [0, 0.05) is 11.3 Å². The van der Waals surface area contributed by atoms with Gasteiger partial charge in [-0.15, -0.1) is 5.10 Å². The Morgan fingerprint density at radius 1 is 1.18 bits per heavy atom. The van der Waals surface area contributed by atoms with Crippen molar-refractivity contribution >= 4 is 0 Å². The molecular weight excluding hydrogens is 352 g/mol. The average Bonchev–Trinajstić information content (AvgIpc) is 3.07. The molecule has 28 heavy (non-hydrogen) atoms. The molecule has 2 heterocycles. The summed E-state index contributed by atoms with van der Waals surface area (Å²) in [6.07, 6.45) is 0. The number of H-pyrrole nitrogens is 1.